The molecule has 0 saturated heterocycles. The summed E-state index contributed by atoms with van der Waals surface area (Å²) in [5, 5.41) is 8.59. The summed E-state index contributed by atoms with van der Waals surface area (Å²) in [6, 6.07) is 10.1. The molecule has 0 radical (unpaired) electrons. The highest BCUT2D eigenvalue weighted by molar-refractivity contribution is 5.80. The lowest BCUT2D eigenvalue weighted by atomic mass is 9.85. The van der Waals surface area contributed by atoms with Gasteiger partial charge in [0.1, 0.15) is 0 Å². The molecule has 3 aromatic heterocycles. The van der Waals surface area contributed by atoms with Crippen LogP contribution in [0.1, 0.15) is 44.6 Å². The number of allylic oxidation sites excluding steroid dienone is 1. The van der Waals surface area contributed by atoms with E-state index >= 15 is 0 Å². The van der Waals surface area contributed by atoms with E-state index in [0.717, 1.165) is 45.4 Å². The molecule has 0 aliphatic carbocycles. The first-order valence-electron chi connectivity index (χ1n) is 9.61. The molecular weight excluding hydrogens is 346 g/mol. The Morgan fingerprint density at radius 2 is 1.68 bits per heavy atom. The van der Waals surface area contributed by atoms with Crippen molar-refractivity contribution in [1.82, 2.24) is 20.2 Å². The molecule has 28 heavy (non-hydrogen) atoms. The van der Waals surface area contributed by atoms with E-state index in [2.05, 4.69) is 46.6 Å². The molecule has 0 fully saturated rings. The van der Waals surface area contributed by atoms with Gasteiger partial charge in [-0.3, -0.25) is 14.9 Å². The van der Waals surface area contributed by atoms with Crippen molar-refractivity contribution in [3.8, 4) is 11.3 Å². The fraction of sp³-hybridized carbons (Fsp3) is 0.304. The van der Waals surface area contributed by atoms with Crippen LogP contribution >= 0.6 is 0 Å². The van der Waals surface area contributed by atoms with Crippen molar-refractivity contribution in [1.29, 1.82) is 0 Å². The third-order valence-electron chi connectivity index (χ3n) is 4.99. The van der Waals surface area contributed by atoms with Crippen LogP contribution in [0.4, 0.5) is 11.5 Å². The quantitative estimate of drug-likeness (QED) is 0.592. The van der Waals surface area contributed by atoms with E-state index < -0.39 is 0 Å². The molecule has 0 saturated carbocycles. The van der Waals surface area contributed by atoms with Crippen molar-refractivity contribution in [3.63, 3.8) is 0 Å². The topological polar surface area (TPSA) is 54.8 Å². The normalized spacial score (nSPS) is 14.4. The standard InChI is InChI=1S/C21H21N5.C2H6/c1-13-6-7-20(25-24-13)26-15(3)21(4,5)17-12-23-18(11-19(17)26)16-8-9-22-14(2)10-16;1-2/h6-12H,3H2,1-2,4-5H3;1-2H3. The van der Waals surface area contributed by atoms with Crippen LogP contribution in [0.2, 0.25) is 0 Å². The average molecular weight is 374 g/mol. The number of nitrogens with zero attached hydrogens (tertiary/aromatic N) is 5. The monoisotopic (exact) mass is 373 g/mol. The number of pyridine rings is 2. The first kappa shape index (κ1) is 19.7. The van der Waals surface area contributed by atoms with Crippen LogP contribution in [0, 0.1) is 13.8 Å². The van der Waals surface area contributed by atoms with Crippen LogP contribution in [0.25, 0.3) is 11.3 Å². The number of aromatic nitrogens is 4. The number of fused-ring (bicyclic) bond motifs is 1. The second-order valence-electron chi connectivity index (χ2n) is 7.21. The molecule has 144 valence electrons. The minimum absolute atomic E-state index is 0.221. The minimum Gasteiger partial charge on any atom is -0.297 e. The molecule has 0 N–H and O–H groups in total. The Labute approximate surface area is 167 Å². The predicted molar refractivity (Wildman–Crippen MR) is 115 cm³/mol. The summed E-state index contributed by atoms with van der Waals surface area (Å²) in [5.74, 6) is 0.774. The first-order chi connectivity index (χ1) is 13.4. The van der Waals surface area contributed by atoms with Gasteiger partial charge in [-0.15, -0.1) is 5.10 Å². The molecule has 0 unspecified atom stereocenters. The van der Waals surface area contributed by atoms with Crippen molar-refractivity contribution in [2.24, 2.45) is 0 Å². The zero-order chi connectivity index (χ0) is 20.5. The molecule has 5 heteroatoms. The van der Waals surface area contributed by atoms with Crippen LogP contribution in [0.15, 0.2) is 55.0 Å². The molecule has 4 heterocycles. The van der Waals surface area contributed by atoms with Gasteiger partial charge < -0.3 is 0 Å². The summed E-state index contributed by atoms with van der Waals surface area (Å²) in [6.07, 6.45) is 3.76. The van der Waals surface area contributed by atoms with Crippen molar-refractivity contribution in [2.45, 2.75) is 47.0 Å². The van der Waals surface area contributed by atoms with Crippen molar-refractivity contribution < 1.29 is 0 Å². The summed E-state index contributed by atoms with van der Waals surface area (Å²) in [6.45, 7) is 16.6. The summed E-state index contributed by atoms with van der Waals surface area (Å²) >= 11 is 0. The number of rotatable bonds is 2. The van der Waals surface area contributed by atoms with Crippen molar-refractivity contribution >= 4 is 11.5 Å². The number of hydrogen-bond acceptors (Lipinski definition) is 5. The van der Waals surface area contributed by atoms with Crippen LogP contribution in [0.5, 0.6) is 0 Å². The van der Waals surface area contributed by atoms with E-state index in [1.54, 1.807) is 0 Å². The summed E-state index contributed by atoms with van der Waals surface area (Å²) in [5.41, 5.74) is 6.75. The zero-order valence-corrected chi connectivity index (χ0v) is 17.5. The van der Waals surface area contributed by atoms with Gasteiger partial charge in [0.2, 0.25) is 0 Å². The van der Waals surface area contributed by atoms with Gasteiger partial charge in [0.15, 0.2) is 5.82 Å². The number of anilines is 2. The molecule has 0 aromatic carbocycles. The molecule has 0 bridgehead atoms. The second-order valence-corrected chi connectivity index (χ2v) is 7.21. The van der Waals surface area contributed by atoms with E-state index in [1.165, 1.54) is 0 Å². The number of hydrogen-bond donors (Lipinski definition) is 0. The van der Waals surface area contributed by atoms with Crippen LogP contribution in [-0.2, 0) is 5.41 Å². The highest BCUT2D eigenvalue weighted by Crippen LogP contribution is 2.50. The fourth-order valence-corrected chi connectivity index (χ4v) is 3.33. The Morgan fingerprint density at radius 1 is 0.929 bits per heavy atom. The van der Waals surface area contributed by atoms with Gasteiger partial charge in [0.05, 0.1) is 17.1 Å². The van der Waals surface area contributed by atoms with Gasteiger partial charge in [-0.05, 0) is 44.2 Å². The third kappa shape index (κ3) is 3.28. The highest BCUT2D eigenvalue weighted by atomic mass is 15.3. The Bertz CT molecular complexity index is 1010. The molecule has 5 nitrogen and oxygen atoms in total. The Kier molecular flexibility index (Phi) is 5.27. The molecule has 0 spiro atoms. The van der Waals surface area contributed by atoms with E-state index in [4.69, 9.17) is 4.98 Å². The predicted octanol–water partition coefficient (Wildman–Crippen LogP) is 5.52. The van der Waals surface area contributed by atoms with Crippen LogP contribution < -0.4 is 4.90 Å². The van der Waals surface area contributed by atoms with Gasteiger partial charge in [0.25, 0.3) is 0 Å². The molecule has 3 aromatic rings. The van der Waals surface area contributed by atoms with Gasteiger partial charge >= 0.3 is 0 Å². The first-order valence-corrected chi connectivity index (χ1v) is 9.61. The van der Waals surface area contributed by atoms with E-state index in [-0.39, 0.29) is 5.41 Å². The molecule has 0 atom stereocenters. The van der Waals surface area contributed by atoms with Gasteiger partial charge in [-0.25, -0.2) is 0 Å². The van der Waals surface area contributed by atoms with Gasteiger partial charge in [-0.1, -0.05) is 34.3 Å². The lowest BCUT2D eigenvalue weighted by molar-refractivity contribution is 0.643. The molecular formula is C23H27N5. The molecule has 4 rings (SSSR count). The second kappa shape index (κ2) is 7.50. The SMILES string of the molecule is C=C1N(c2ccc(C)nn2)c2cc(-c3ccnc(C)c3)ncc2C1(C)C.CC. The van der Waals surface area contributed by atoms with Crippen LogP contribution in [-0.4, -0.2) is 20.2 Å². The Morgan fingerprint density at radius 3 is 2.32 bits per heavy atom. The summed E-state index contributed by atoms with van der Waals surface area (Å²) in [7, 11) is 0. The lowest BCUT2D eigenvalue weighted by Gasteiger charge is -2.24. The maximum Gasteiger partial charge on any atom is 0.160 e. The maximum atomic E-state index is 4.70. The molecule has 1 aliphatic heterocycles. The van der Waals surface area contributed by atoms with Gasteiger partial charge in [0, 0.05) is 40.3 Å². The Hall–Kier alpha value is -3.08. The largest absolute Gasteiger partial charge is 0.297 e. The smallest absolute Gasteiger partial charge is 0.160 e. The van der Waals surface area contributed by atoms with E-state index in [0.29, 0.717) is 0 Å². The third-order valence-corrected chi connectivity index (χ3v) is 4.99. The molecule has 1 aliphatic rings. The van der Waals surface area contributed by atoms with Gasteiger partial charge in [-0.2, -0.15) is 5.10 Å². The van der Waals surface area contributed by atoms with E-state index in [9.17, 15) is 0 Å². The maximum absolute atomic E-state index is 4.70. The van der Waals surface area contributed by atoms with Crippen molar-refractivity contribution in [3.05, 3.63) is 72.0 Å². The zero-order valence-electron chi connectivity index (χ0n) is 17.5. The van der Waals surface area contributed by atoms with Crippen LogP contribution in [0.3, 0.4) is 0 Å². The lowest BCUT2D eigenvalue weighted by Crippen LogP contribution is -2.22. The summed E-state index contributed by atoms with van der Waals surface area (Å²) in [4.78, 5) is 11.1. The minimum atomic E-state index is -0.221. The number of aryl methyl sites for hydroxylation is 2. The fourth-order valence-electron chi connectivity index (χ4n) is 3.33. The average Bonchev–Trinajstić information content (AvgIpc) is 2.90. The van der Waals surface area contributed by atoms with E-state index in [1.807, 2.05) is 64.4 Å². The Balaban J connectivity index is 0.00000109. The van der Waals surface area contributed by atoms with Crippen molar-refractivity contribution in [2.75, 3.05) is 4.90 Å². The molecule has 0 amide bonds. The highest BCUT2D eigenvalue weighted by Gasteiger charge is 2.41. The summed E-state index contributed by atoms with van der Waals surface area (Å²) < 4.78 is 0.